The van der Waals surface area contributed by atoms with E-state index >= 15 is 0 Å². The summed E-state index contributed by atoms with van der Waals surface area (Å²) >= 11 is 0. The zero-order valence-corrected chi connectivity index (χ0v) is 30.4. The normalized spacial score (nSPS) is 13.8. The molecule has 3 amide bonds. The number of nitrogens with zero attached hydrogens (tertiary/aromatic N) is 1. The summed E-state index contributed by atoms with van der Waals surface area (Å²) in [4.78, 5) is 39.3. The largest absolute Gasteiger partial charge is 0.356 e. The van der Waals surface area contributed by atoms with Crippen molar-refractivity contribution in [2.45, 2.75) is 110 Å². The second kappa shape index (κ2) is 22.3. The van der Waals surface area contributed by atoms with Crippen LogP contribution in [0.15, 0.2) is 109 Å². The van der Waals surface area contributed by atoms with Crippen LogP contribution in [0.25, 0.3) is 0 Å². The quantitative estimate of drug-likeness (QED) is 0.104. The highest BCUT2D eigenvalue weighted by Crippen LogP contribution is 2.28. The average molecular weight is 679 g/mol. The molecule has 0 heterocycles. The van der Waals surface area contributed by atoms with Gasteiger partial charge in [-0.25, -0.2) is 0 Å². The smallest absolute Gasteiger partial charge is 0.250 e. The zero-order valence-electron chi connectivity index (χ0n) is 30.4. The Balaban J connectivity index is 0.000000371. The maximum Gasteiger partial charge on any atom is 0.250 e. The number of rotatable bonds is 16. The van der Waals surface area contributed by atoms with Crippen molar-refractivity contribution in [3.05, 3.63) is 126 Å². The van der Waals surface area contributed by atoms with Gasteiger partial charge in [0.05, 0.1) is 6.04 Å². The SMILES string of the molecule is C=C/C=C(\CC)C(=O)N(Cc1ccc(NC(=O)C(N)CCNC(=O)CCC)cc1)C1CCCCC1.CCC(c1ccccc1)c1ccccc1. The van der Waals surface area contributed by atoms with Crippen molar-refractivity contribution in [1.29, 1.82) is 0 Å². The van der Waals surface area contributed by atoms with Crippen molar-refractivity contribution in [2.24, 2.45) is 5.73 Å². The van der Waals surface area contributed by atoms with Crippen molar-refractivity contribution in [3.8, 4) is 0 Å². The van der Waals surface area contributed by atoms with Gasteiger partial charge in [-0.2, -0.15) is 0 Å². The summed E-state index contributed by atoms with van der Waals surface area (Å²) in [7, 11) is 0. The molecular weight excluding hydrogens is 620 g/mol. The maximum absolute atomic E-state index is 13.3. The van der Waals surface area contributed by atoms with E-state index in [1.54, 1.807) is 6.08 Å². The number of nitrogens with two attached hydrogens (primary N) is 1. The number of benzene rings is 3. The van der Waals surface area contributed by atoms with Gasteiger partial charge in [0, 0.05) is 42.7 Å². The molecule has 268 valence electrons. The molecule has 7 nitrogen and oxygen atoms in total. The number of hydrogen-bond donors (Lipinski definition) is 3. The van der Waals surface area contributed by atoms with E-state index in [4.69, 9.17) is 5.73 Å². The summed E-state index contributed by atoms with van der Waals surface area (Å²) in [5, 5.41) is 5.61. The highest BCUT2D eigenvalue weighted by atomic mass is 16.2. The molecular formula is C43H58N4O3. The van der Waals surface area contributed by atoms with E-state index in [1.807, 2.05) is 49.1 Å². The Kier molecular flexibility index (Phi) is 17.8. The number of anilines is 1. The number of carbonyl (C=O) groups is 3. The van der Waals surface area contributed by atoms with Gasteiger partial charge in [-0.05, 0) is 67.3 Å². The molecule has 1 fully saturated rings. The third-order valence-electron chi connectivity index (χ3n) is 9.23. The first-order valence-corrected chi connectivity index (χ1v) is 18.5. The van der Waals surface area contributed by atoms with E-state index in [0.717, 1.165) is 49.7 Å². The van der Waals surface area contributed by atoms with Crippen LogP contribution in [0.4, 0.5) is 5.69 Å². The minimum absolute atomic E-state index is 0.0255. The molecule has 0 aliphatic heterocycles. The van der Waals surface area contributed by atoms with Gasteiger partial charge in [0.2, 0.25) is 17.7 Å². The first-order chi connectivity index (χ1) is 24.3. The summed E-state index contributed by atoms with van der Waals surface area (Å²) in [5.41, 5.74) is 11.2. The lowest BCUT2D eigenvalue weighted by atomic mass is 9.89. The van der Waals surface area contributed by atoms with E-state index in [0.29, 0.717) is 44.0 Å². The number of nitrogens with one attached hydrogen (secondary N) is 2. The maximum atomic E-state index is 13.3. The van der Waals surface area contributed by atoms with Crippen LogP contribution in [0, 0.1) is 0 Å². The molecule has 3 aromatic carbocycles. The van der Waals surface area contributed by atoms with Crippen molar-refractivity contribution in [2.75, 3.05) is 11.9 Å². The minimum atomic E-state index is -0.708. The van der Waals surface area contributed by atoms with Gasteiger partial charge >= 0.3 is 0 Å². The van der Waals surface area contributed by atoms with Gasteiger partial charge < -0.3 is 21.3 Å². The highest BCUT2D eigenvalue weighted by molar-refractivity contribution is 5.95. The zero-order chi connectivity index (χ0) is 36.1. The second-order valence-corrected chi connectivity index (χ2v) is 13.0. The van der Waals surface area contributed by atoms with Crippen LogP contribution in [0.5, 0.6) is 0 Å². The van der Waals surface area contributed by atoms with E-state index in [-0.39, 0.29) is 23.8 Å². The molecule has 3 aromatic rings. The molecule has 0 saturated heterocycles. The van der Waals surface area contributed by atoms with Gasteiger partial charge in [-0.15, -0.1) is 0 Å². The predicted octanol–water partition coefficient (Wildman–Crippen LogP) is 8.67. The number of allylic oxidation sites excluding steroid dienone is 2. The molecule has 7 heteroatoms. The third kappa shape index (κ3) is 13.1. The van der Waals surface area contributed by atoms with Crippen LogP contribution >= 0.6 is 0 Å². The molecule has 0 spiro atoms. The summed E-state index contributed by atoms with van der Waals surface area (Å²) in [5.74, 6) is 0.298. The molecule has 1 aliphatic rings. The highest BCUT2D eigenvalue weighted by Gasteiger charge is 2.27. The lowest BCUT2D eigenvalue weighted by Gasteiger charge is -2.35. The molecule has 1 unspecified atom stereocenters. The van der Waals surface area contributed by atoms with E-state index in [2.05, 4.69) is 84.8 Å². The minimum Gasteiger partial charge on any atom is -0.356 e. The van der Waals surface area contributed by atoms with Gasteiger partial charge in [-0.3, -0.25) is 14.4 Å². The summed E-state index contributed by atoms with van der Waals surface area (Å²) in [6.07, 6.45) is 12.5. The Morgan fingerprint density at radius 3 is 2.00 bits per heavy atom. The fourth-order valence-corrected chi connectivity index (χ4v) is 6.40. The third-order valence-corrected chi connectivity index (χ3v) is 9.23. The number of hydrogen-bond acceptors (Lipinski definition) is 4. The van der Waals surface area contributed by atoms with E-state index in [1.165, 1.54) is 17.5 Å². The fourth-order valence-electron chi connectivity index (χ4n) is 6.40. The number of carbonyl (C=O) groups excluding carboxylic acids is 3. The Labute approximate surface area is 300 Å². The van der Waals surface area contributed by atoms with Gasteiger partial charge in [0.1, 0.15) is 0 Å². The van der Waals surface area contributed by atoms with Gasteiger partial charge in [0.15, 0.2) is 0 Å². The topological polar surface area (TPSA) is 105 Å². The fraction of sp³-hybridized carbons (Fsp3) is 0.419. The van der Waals surface area contributed by atoms with Crippen LogP contribution in [-0.2, 0) is 20.9 Å². The predicted molar refractivity (Wildman–Crippen MR) is 207 cm³/mol. The molecule has 1 saturated carbocycles. The van der Waals surface area contributed by atoms with Crippen molar-refractivity contribution >= 4 is 23.4 Å². The Morgan fingerprint density at radius 1 is 0.880 bits per heavy atom. The standard InChI is InChI=1S/C28H42N4O3.C15H16/c1-4-10-22(6-3)28(35)32(24-12-8-7-9-13-24)20-21-14-16-23(17-15-21)31-27(34)25(29)18-19-30-26(33)11-5-2;1-2-15(13-9-5-3-6-10-13)14-11-7-4-8-12-14/h4,10,14-17,24-25H,1,5-9,11-13,18-20,29H2,2-3H3,(H,30,33)(H,31,34);3-12,15H,2H2,1H3/b22-10+;. The Morgan fingerprint density at radius 2 is 1.48 bits per heavy atom. The lowest BCUT2D eigenvalue weighted by Crippen LogP contribution is -2.41. The van der Waals surface area contributed by atoms with Crippen LogP contribution in [-0.4, -0.2) is 41.2 Å². The van der Waals surface area contributed by atoms with Crippen LogP contribution in [0.1, 0.15) is 108 Å². The van der Waals surface area contributed by atoms with Crippen molar-refractivity contribution < 1.29 is 14.4 Å². The molecule has 1 atom stereocenters. The molecule has 0 aromatic heterocycles. The van der Waals surface area contributed by atoms with Crippen molar-refractivity contribution in [1.82, 2.24) is 10.2 Å². The monoisotopic (exact) mass is 678 g/mol. The van der Waals surface area contributed by atoms with Crippen LogP contribution < -0.4 is 16.4 Å². The lowest BCUT2D eigenvalue weighted by molar-refractivity contribution is -0.131. The molecule has 50 heavy (non-hydrogen) atoms. The van der Waals surface area contributed by atoms with Crippen LogP contribution in [0.3, 0.4) is 0 Å². The average Bonchev–Trinajstić information content (AvgIpc) is 3.15. The van der Waals surface area contributed by atoms with Gasteiger partial charge in [0.25, 0.3) is 0 Å². The Hall–Kier alpha value is -4.49. The molecule has 0 radical (unpaired) electrons. The first kappa shape index (κ1) is 39.9. The molecule has 1 aliphatic carbocycles. The molecule has 4 N–H and O–H groups in total. The Bertz CT molecular complexity index is 1440. The van der Waals surface area contributed by atoms with Crippen LogP contribution in [0.2, 0.25) is 0 Å². The van der Waals surface area contributed by atoms with Crippen molar-refractivity contribution in [3.63, 3.8) is 0 Å². The molecule has 0 bridgehead atoms. The van der Waals surface area contributed by atoms with Gasteiger partial charge in [-0.1, -0.05) is 132 Å². The summed E-state index contributed by atoms with van der Waals surface area (Å²) in [6, 6.07) is 28.5. The molecule has 4 rings (SSSR count). The van der Waals surface area contributed by atoms with E-state index in [9.17, 15) is 14.4 Å². The first-order valence-electron chi connectivity index (χ1n) is 18.5. The summed E-state index contributed by atoms with van der Waals surface area (Å²) < 4.78 is 0. The second-order valence-electron chi connectivity index (χ2n) is 13.0. The van der Waals surface area contributed by atoms with E-state index < -0.39 is 6.04 Å². The number of amides is 3. The summed E-state index contributed by atoms with van der Waals surface area (Å²) in [6.45, 7) is 10.8.